The standard InChI is InChI=1S/C17H14N4O2S/c18-16-7-6-12(11-20-16)13-8-14(10-19-9-13)17(22)21-24(23)15-4-2-1-3-5-15/h1-11,24H,(H2,18,20). The van der Waals surface area contributed by atoms with Crippen LogP contribution in [0.3, 0.4) is 0 Å². The Bertz CT molecular complexity index is 950. The lowest BCUT2D eigenvalue weighted by atomic mass is 10.1. The van der Waals surface area contributed by atoms with E-state index in [1.807, 2.05) is 6.07 Å². The van der Waals surface area contributed by atoms with Crippen LogP contribution in [-0.2, 0) is 10.6 Å². The van der Waals surface area contributed by atoms with E-state index in [2.05, 4.69) is 14.3 Å². The molecule has 1 atom stereocenters. The second kappa shape index (κ2) is 7.01. The summed E-state index contributed by atoms with van der Waals surface area (Å²) in [5.74, 6) is -0.161. The van der Waals surface area contributed by atoms with Crippen LogP contribution < -0.4 is 5.73 Å². The zero-order chi connectivity index (χ0) is 16.9. The molecule has 0 aliphatic rings. The van der Waals surface area contributed by atoms with Crippen molar-refractivity contribution in [2.24, 2.45) is 4.36 Å². The number of carbonyl (C=O) groups is 1. The molecule has 7 heteroatoms. The minimum absolute atomic E-state index is 0.267. The van der Waals surface area contributed by atoms with Gasteiger partial charge in [-0.2, -0.15) is 4.36 Å². The van der Waals surface area contributed by atoms with E-state index in [0.717, 1.165) is 5.56 Å². The van der Waals surface area contributed by atoms with E-state index in [0.29, 0.717) is 16.3 Å². The number of aromatic nitrogens is 2. The molecule has 0 radical (unpaired) electrons. The van der Waals surface area contributed by atoms with Crippen molar-refractivity contribution in [3.8, 4) is 11.1 Å². The van der Waals surface area contributed by atoms with Gasteiger partial charge in [-0.1, -0.05) is 18.2 Å². The van der Waals surface area contributed by atoms with Crippen LogP contribution in [0.5, 0.6) is 0 Å². The molecule has 1 amide bonds. The molecule has 0 spiro atoms. The number of anilines is 1. The summed E-state index contributed by atoms with van der Waals surface area (Å²) in [6.45, 7) is 0. The molecule has 0 saturated heterocycles. The Balaban J connectivity index is 1.90. The van der Waals surface area contributed by atoms with Crippen LogP contribution >= 0.6 is 0 Å². The SMILES string of the molecule is Nc1ccc(-c2cncc(C(=O)/N=[SH](=O)\c3ccccc3)c2)cn1. The Hall–Kier alpha value is -3.06. The van der Waals surface area contributed by atoms with Crippen molar-refractivity contribution in [3.63, 3.8) is 0 Å². The summed E-state index contributed by atoms with van der Waals surface area (Å²) in [6.07, 6.45) is 4.61. The highest BCUT2D eigenvalue weighted by molar-refractivity contribution is 7.75. The van der Waals surface area contributed by atoms with Gasteiger partial charge >= 0.3 is 0 Å². The first-order valence-electron chi connectivity index (χ1n) is 7.09. The van der Waals surface area contributed by atoms with Crippen molar-refractivity contribution in [1.82, 2.24) is 9.97 Å². The molecule has 3 rings (SSSR count). The third-order valence-corrected chi connectivity index (χ3v) is 4.37. The number of carbonyl (C=O) groups excluding carboxylic acids is 1. The van der Waals surface area contributed by atoms with Crippen molar-refractivity contribution < 1.29 is 9.00 Å². The molecule has 0 bridgehead atoms. The summed E-state index contributed by atoms with van der Waals surface area (Å²) in [4.78, 5) is 20.8. The number of pyridine rings is 2. The highest BCUT2D eigenvalue weighted by Gasteiger charge is 2.08. The van der Waals surface area contributed by atoms with Crippen LogP contribution in [0.15, 0.2) is 76.4 Å². The van der Waals surface area contributed by atoms with Gasteiger partial charge in [0.1, 0.15) is 5.82 Å². The molecule has 0 aliphatic heterocycles. The number of nitrogens with zero attached hydrogens (tertiary/aromatic N) is 3. The second-order valence-corrected chi connectivity index (χ2v) is 6.21. The molecule has 24 heavy (non-hydrogen) atoms. The van der Waals surface area contributed by atoms with Gasteiger partial charge in [0.25, 0.3) is 5.91 Å². The molecule has 2 aromatic heterocycles. The van der Waals surface area contributed by atoms with Crippen LogP contribution in [0.25, 0.3) is 11.1 Å². The zero-order valence-corrected chi connectivity index (χ0v) is 13.4. The molecule has 1 aromatic carbocycles. The van der Waals surface area contributed by atoms with Crippen LogP contribution in [0.4, 0.5) is 5.82 Å². The predicted octanol–water partition coefficient (Wildman–Crippen LogP) is 2.59. The first-order chi connectivity index (χ1) is 11.6. The summed E-state index contributed by atoms with van der Waals surface area (Å²) < 4.78 is 15.9. The Morgan fingerprint density at radius 3 is 2.50 bits per heavy atom. The highest BCUT2D eigenvalue weighted by atomic mass is 32.2. The van der Waals surface area contributed by atoms with Crippen molar-refractivity contribution in [3.05, 3.63) is 72.7 Å². The number of thiol groups is 1. The van der Waals surface area contributed by atoms with Crippen LogP contribution in [0.2, 0.25) is 0 Å². The maximum Gasteiger partial charge on any atom is 0.286 e. The van der Waals surface area contributed by atoms with Crippen molar-refractivity contribution >= 4 is 22.3 Å². The molecule has 120 valence electrons. The van der Waals surface area contributed by atoms with Gasteiger partial charge in [0.05, 0.1) is 16.2 Å². The number of nitrogen functional groups attached to an aromatic ring is 1. The Kier molecular flexibility index (Phi) is 4.62. The first kappa shape index (κ1) is 15.8. The predicted molar refractivity (Wildman–Crippen MR) is 92.9 cm³/mol. The van der Waals surface area contributed by atoms with Crippen molar-refractivity contribution in [2.75, 3.05) is 5.73 Å². The molecule has 2 N–H and O–H groups in total. The van der Waals surface area contributed by atoms with Gasteiger partial charge in [-0.3, -0.25) is 9.78 Å². The maximum atomic E-state index is 12.2. The number of rotatable bonds is 3. The Morgan fingerprint density at radius 1 is 1.00 bits per heavy atom. The van der Waals surface area contributed by atoms with Crippen LogP contribution in [-0.4, -0.2) is 20.1 Å². The number of hydrogen-bond donors (Lipinski definition) is 2. The molecule has 2 heterocycles. The summed E-state index contributed by atoms with van der Waals surface area (Å²) in [5.41, 5.74) is 7.32. The average molecular weight is 338 g/mol. The average Bonchev–Trinajstić information content (AvgIpc) is 2.63. The normalized spacial score (nSPS) is 12.0. The minimum Gasteiger partial charge on any atom is -0.384 e. The van der Waals surface area contributed by atoms with Gasteiger partial charge in [-0.25, -0.2) is 9.19 Å². The number of hydrogen-bond acceptors (Lipinski definition) is 5. The molecule has 3 aromatic rings. The largest absolute Gasteiger partial charge is 0.384 e. The maximum absolute atomic E-state index is 12.2. The lowest BCUT2D eigenvalue weighted by Crippen LogP contribution is -1.98. The summed E-state index contributed by atoms with van der Waals surface area (Å²) in [7, 11) is -2.14. The number of nitrogens with two attached hydrogens (primary N) is 1. The van der Waals surface area contributed by atoms with E-state index in [-0.39, 0.29) is 5.56 Å². The first-order valence-corrected chi connectivity index (χ1v) is 8.30. The van der Waals surface area contributed by atoms with Crippen molar-refractivity contribution in [2.45, 2.75) is 4.90 Å². The van der Waals surface area contributed by atoms with Crippen LogP contribution in [0.1, 0.15) is 10.4 Å². The lowest BCUT2D eigenvalue weighted by Gasteiger charge is -2.03. The van der Waals surface area contributed by atoms with Crippen LogP contribution in [0, 0.1) is 0 Å². The molecular weight excluding hydrogens is 324 g/mol. The van der Waals surface area contributed by atoms with Gasteiger partial charge in [-0.05, 0) is 30.3 Å². The third-order valence-electron chi connectivity index (χ3n) is 3.26. The van der Waals surface area contributed by atoms with E-state index in [4.69, 9.17) is 5.73 Å². The van der Waals surface area contributed by atoms with Gasteiger partial charge in [-0.15, -0.1) is 0 Å². The number of benzene rings is 1. The monoisotopic (exact) mass is 338 g/mol. The van der Waals surface area contributed by atoms with E-state index in [1.54, 1.807) is 54.9 Å². The van der Waals surface area contributed by atoms with Gasteiger partial charge in [0.15, 0.2) is 0 Å². The van der Waals surface area contributed by atoms with Gasteiger partial charge in [0, 0.05) is 34.6 Å². The fraction of sp³-hybridized carbons (Fsp3) is 0. The van der Waals surface area contributed by atoms with E-state index >= 15 is 0 Å². The molecule has 0 aliphatic carbocycles. The second-order valence-electron chi connectivity index (χ2n) is 4.95. The fourth-order valence-corrected chi connectivity index (χ4v) is 2.87. The van der Waals surface area contributed by atoms with Gasteiger partial charge < -0.3 is 5.73 Å². The quantitative estimate of drug-likeness (QED) is 0.715. The fourth-order valence-electron chi connectivity index (χ4n) is 2.04. The summed E-state index contributed by atoms with van der Waals surface area (Å²) in [6, 6.07) is 13.7. The Labute approximate surface area is 140 Å². The molecule has 0 saturated carbocycles. The highest BCUT2D eigenvalue weighted by Crippen LogP contribution is 2.19. The summed E-state index contributed by atoms with van der Waals surface area (Å²) in [5, 5.41) is 0. The van der Waals surface area contributed by atoms with E-state index in [1.165, 1.54) is 6.20 Å². The molecular formula is C17H14N4O2S. The van der Waals surface area contributed by atoms with Gasteiger partial charge in [0.2, 0.25) is 0 Å². The third kappa shape index (κ3) is 3.64. The molecule has 0 fully saturated rings. The summed E-state index contributed by atoms with van der Waals surface area (Å²) >= 11 is 0. The smallest absolute Gasteiger partial charge is 0.286 e. The number of amides is 1. The molecule has 1 unspecified atom stereocenters. The topological polar surface area (TPSA) is 98.3 Å². The van der Waals surface area contributed by atoms with Crippen molar-refractivity contribution in [1.29, 1.82) is 0 Å². The minimum atomic E-state index is -2.14. The zero-order valence-electron chi connectivity index (χ0n) is 12.5. The van der Waals surface area contributed by atoms with E-state index < -0.39 is 16.5 Å². The Morgan fingerprint density at radius 2 is 1.79 bits per heavy atom. The lowest BCUT2D eigenvalue weighted by molar-refractivity contribution is 0.100. The molecule has 6 nitrogen and oxygen atoms in total. The van der Waals surface area contributed by atoms with E-state index in [9.17, 15) is 9.00 Å².